The van der Waals surface area contributed by atoms with Crippen LogP contribution >= 0.6 is 11.6 Å². The highest BCUT2D eigenvalue weighted by molar-refractivity contribution is 6.30. The summed E-state index contributed by atoms with van der Waals surface area (Å²) >= 11 is 5.54. The molecule has 1 unspecified atom stereocenters. The fourth-order valence-electron chi connectivity index (χ4n) is 1.35. The van der Waals surface area contributed by atoms with Crippen LogP contribution in [0.4, 0.5) is 17.6 Å². The van der Waals surface area contributed by atoms with Crippen LogP contribution < -0.4 is 11.1 Å². The van der Waals surface area contributed by atoms with E-state index in [0.29, 0.717) is 0 Å². The zero-order valence-electron chi connectivity index (χ0n) is 8.69. The van der Waals surface area contributed by atoms with Gasteiger partial charge in [0, 0.05) is 18.2 Å². The first-order valence-corrected chi connectivity index (χ1v) is 5.17. The molecule has 17 heavy (non-hydrogen) atoms. The van der Waals surface area contributed by atoms with Crippen molar-refractivity contribution < 1.29 is 17.6 Å². The molecule has 1 aromatic carbocycles. The van der Waals surface area contributed by atoms with Crippen LogP contribution in [0, 0.1) is 5.82 Å². The maximum absolute atomic E-state index is 13.5. The summed E-state index contributed by atoms with van der Waals surface area (Å²) in [6.07, 6.45) is -4.37. The second-order valence-corrected chi connectivity index (χ2v) is 3.83. The Morgan fingerprint density at radius 1 is 1.35 bits per heavy atom. The molecule has 1 atom stereocenters. The van der Waals surface area contributed by atoms with Gasteiger partial charge in [-0.05, 0) is 6.07 Å². The van der Waals surface area contributed by atoms with Gasteiger partial charge in [-0.2, -0.15) is 13.2 Å². The van der Waals surface area contributed by atoms with Crippen molar-refractivity contribution in [1.29, 1.82) is 0 Å². The minimum atomic E-state index is -4.37. The molecule has 0 heterocycles. The molecule has 0 aliphatic rings. The van der Waals surface area contributed by atoms with Crippen LogP contribution in [0.5, 0.6) is 0 Å². The van der Waals surface area contributed by atoms with Crippen molar-refractivity contribution in [1.82, 2.24) is 5.32 Å². The lowest BCUT2D eigenvalue weighted by Gasteiger charge is -2.19. The topological polar surface area (TPSA) is 38.0 Å². The first kappa shape index (κ1) is 14.2. The number of nitrogens with two attached hydrogens (primary N) is 1. The molecule has 0 radical (unpaired) electrons. The van der Waals surface area contributed by atoms with Crippen LogP contribution in [0.15, 0.2) is 18.2 Å². The van der Waals surface area contributed by atoms with Gasteiger partial charge in [-0.25, -0.2) is 4.39 Å². The number of hydrogen-bond donors (Lipinski definition) is 2. The minimum Gasteiger partial charge on any atom is -0.329 e. The molecule has 0 saturated carbocycles. The molecule has 0 spiro atoms. The summed E-state index contributed by atoms with van der Waals surface area (Å²) in [5.41, 5.74) is 5.35. The van der Waals surface area contributed by atoms with E-state index in [4.69, 9.17) is 17.3 Å². The summed E-state index contributed by atoms with van der Waals surface area (Å²) < 4.78 is 49.6. The van der Waals surface area contributed by atoms with Crippen LogP contribution in [-0.4, -0.2) is 19.3 Å². The molecule has 0 amide bonds. The van der Waals surface area contributed by atoms with E-state index in [1.807, 2.05) is 0 Å². The average molecular weight is 271 g/mol. The standard InChI is InChI=1S/C10H11ClF4N2/c11-7-3-1-2-6(9(7)12)8(4-16)17-5-10(13,14)15/h1-3,8,17H,4-5,16H2. The molecule has 3 N–H and O–H groups in total. The highest BCUT2D eigenvalue weighted by Crippen LogP contribution is 2.24. The Labute approximate surface area is 101 Å². The number of benzene rings is 1. The number of hydrogen-bond acceptors (Lipinski definition) is 2. The second-order valence-electron chi connectivity index (χ2n) is 3.43. The molecule has 0 fully saturated rings. The molecule has 1 rings (SSSR count). The van der Waals surface area contributed by atoms with Crippen molar-refractivity contribution in [3.8, 4) is 0 Å². The number of nitrogens with one attached hydrogen (secondary N) is 1. The second kappa shape index (κ2) is 5.66. The summed E-state index contributed by atoms with van der Waals surface area (Å²) in [6, 6.07) is 3.20. The molecule has 0 aliphatic heterocycles. The highest BCUT2D eigenvalue weighted by Gasteiger charge is 2.28. The smallest absolute Gasteiger partial charge is 0.329 e. The van der Waals surface area contributed by atoms with E-state index in [-0.39, 0.29) is 17.1 Å². The summed E-state index contributed by atoms with van der Waals surface area (Å²) in [6.45, 7) is -1.39. The van der Waals surface area contributed by atoms with Crippen molar-refractivity contribution in [2.45, 2.75) is 12.2 Å². The third-order valence-corrected chi connectivity index (χ3v) is 2.43. The lowest BCUT2D eigenvalue weighted by Crippen LogP contribution is -2.36. The van der Waals surface area contributed by atoms with Crippen LogP contribution in [0.25, 0.3) is 0 Å². The normalized spacial score (nSPS) is 13.8. The quantitative estimate of drug-likeness (QED) is 0.826. The Bertz CT molecular complexity index is 381. The molecule has 0 aliphatic carbocycles. The molecule has 0 bridgehead atoms. The Hall–Kier alpha value is -0.850. The van der Waals surface area contributed by atoms with E-state index >= 15 is 0 Å². The highest BCUT2D eigenvalue weighted by atomic mass is 35.5. The molecule has 7 heteroatoms. The molecule has 0 saturated heterocycles. The monoisotopic (exact) mass is 270 g/mol. The Kier molecular flexibility index (Phi) is 4.73. The third kappa shape index (κ3) is 4.14. The first-order chi connectivity index (χ1) is 7.85. The number of alkyl halides is 3. The van der Waals surface area contributed by atoms with E-state index in [9.17, 15) is 17.6 Å². The lowest BCUT2D eigenvalue weighted by molar-refractivity contribution is -0.126. The van der Waals surface area contributed by atoms with Crippen molar-refractivity contribution in [2.75, 3.05) is 13.1 Å². The maximum Gasteiger partial charge on any atom is 0.401 e. The minimum absolute atomic E-state index is 0.0317. The summed E-state index contributed by atoms with van der Waals surface area (Å²) in [7, 11) is 0. The predicted octanol–water partition coefficient (Wildman–Crippen LogP) is 2.63. The van der Waals surface area contributed by atoms with E-state index in [2.05, 4.69) is 5.32 Å². The van der Waals surface area contributed by atoms with Crippen molar-refractivity contribution in [2.24, 2.45) is 5.73 Å². The van der Waals surface area contributed by atoms with Gasteiger partial charge >= 0.3 is 6.18 Å². The molecule has 0 aromatic heterocycles. The van der Waals surface area contributed by atoms with Gasteiger partial charge in [0.15, 0.2) is 0 Å². The lowest BCUT2D eigenvalue weighted by atomic mass is 10.1. The third-order valence-electron chi connectivity index (χ3n) is 2.14. The van der Waals surface area contributed by atoms with Gasteiger partial charge in [0.1, 0.15) is 5.82 Å². The van der Waals surface area contributed by atoms with E-state index in [1.165, 1.54) is 18.2 Å². The van der Waals surface area contributed by atoms with Crippen LogP contribution in [0.2, 0.25) is 5.02 Å². The fraction of sp³-hybridized carbons (Fsp3) is 0.400. The molecular weight excluding hydrogens is 260 g/mol. The maximum atomic E-state index is 13.5. The average Bonchev–Trinajstić information content (AvgIpc) is 2.23. The van der Waals surface area contributed by atoms with Crippen LogP contribution in [-0.2, 0) is 0 Å². The Morgan fingerprint density at radius 2 is 2.00 bits per heavy atom. The summed E-state index contributed by atoms with van der Waals surface area (Å²) in [5.74, 6) is -0.751. The predicted molar refractivity (Wildman–Crippen MR) is 57.3 cm³/mol. The van der Waals surface area contributed by atoms with Gasteiger partial charge in [-0.15, -0.1) is 0 Å². The van der Waals surface area contributed by atoms with Gasteiger partial charge in [0.25, 0.3) is 0 Å². The molecular formula is C10H11ClF4N2. The fourth-order valence-corrected chi connectivity index (χ4v) is 1.53. The van der Waals surface area contributed by atoms with Gasteiger partial charge in [0.2, 0.25) is 0 Å². The molecule has 1 aromatic rings. The van der Waals surface area contributed by atoms with Crippen molar-refractivity contribution in [3.05, 3.63) is 34.6 Å². The van der Waals surface area contributed by atoms with E-state index in [0.717, 1.165) is 0 Å². The summed E-state index contributed by atoms with van der Waals surface area (Å²) in [5, 5.41) is 2.00. The zero-order chi connectivity index (χ0) is 13.1. The Balaban J connectivity index is 2.83. The van der Waals surface area contributed by atoms with Gasteiger partial charge in [-0.3, -0.25) is 0 Å². The van der Waals surface area contributed by atoms with Crippen LogP contribution in [0.3, 0.4) is 0 Å². The molecule has 2 nitrogen and oxygen atoms in total. The Morgan fingerprint density at radius 3 is 2.53 bits per heavy atom. The zero-order valence-corrected chi connectivity index (χ0v) is 9.45. The van der Waals surface area contributed by atoms with Crippen molar-refractivity contribution >= 4 is 11.6 Å². The van der Waals surface area contributed by atoms with E-state index < -0.39 is 24.6 Å². The largest absolute Gasteiger partial charge is 0.401 e. The summed E-state index contributed by atoms with van der Waals surface area (Å²) in [4.78, 5) is 0. The van der Waals surface area contributed by atoms with Gasteiger partial charge < -0.3 is 11.1 Å². The van der Waals surface area contributed by atoms with Crippen LogP contribution in [0.1, 0.15) is 11.6 Å². The van der Waals surface area contributed by atoms with Crippen molar-refractivity contribution in [3.63, 3.8) is 0 Å². The van der Waals surface area contributed by atoms with Gasteiger partial charge in [-0.1, -0.05) is 23.7 Å². The number of halogens is 5. The van der Waals surface area contributed by atoms with E-state index in [1.54, 1.807) is 0 Å². The van der Waals surface area contributed by atoms with Gasteiger partial charge in [0.05, 0.1) is 11.6 Å². The SMILES string of the molecule is NCC(NCC(F)(F)F)c1cccc(Cl)c1F. The number of rotatable bonds is 4. The molecule has 96 valence electrons. The first-order valence-electron chi connectivity index (χ1n) is 4.79.